The molecule has 0 aliphatic heterocycles. The molecular weight excluding hydrogens is 434 g/mol. The van der Waals surface area contributed by atoms with E-state index < -0.39 is 10.0 Å². The first kappa shape index (κ1) is 22.6. The van der Waals surface area contributed by atoms with Crippen molar-refractivity contribution in [3.05, 3.63) is 72.6 Å². The van der Waals surface area contributed by atoms with Crippen molar-refractivity contribution in [1.29, 1.82) is 0 Å². The lowest BCUT2D eigenvalue weighted by Gasteiger charge is -2.10. The van der Waals surface area contributed by atoms with Gasteiger partial charge in [-0.3, -0.25) is 9.52 Å². The number of benzene rings is 2. The number of thioether (sulfide) groups is 1. The van der Waals surface area contributed by atoms with E-state index >= 15 is 0 Å². The van der Waals surface area contributed by atoms with Crippen LogP contribution >= 0.6 is 11.8 Å². The molecule has 0 spiro atoms. The minimum atomic E-state index is -3.72. The SMILES string of the molecule is C=CCn1c(C)nnc1SCC(=O)Nc1ccc(S(=O)(=O)Nc2ccc(C)cc2)cc1. The standard InChI is InChI=1S/C21H23N5O3S2/c1-4-13-26-16(3)23-24-21(26)30-14-20(27)22-17-9-11-19(12-10-17)31(28,29)25-18-7-5-15(2)6-8-18/h4-12,25H,1,13-14H2,2-3H3,(H,22,27). The van der Waals surface area contributed by atoms with Gasteiger partial charge in [0.25, 0.3) is 10.0 Å². The number of aromatic nitrogens is 3. The number of carbonyl (C=O) groups excluding carboxylic acids is 1. The van der Waals surface area contributed by atoms with E-state index in [0.29, 0.717) is 23.1 Å². The number of nitrogens with one attached hydrogen (secondary N) is 2. The van der Waals surface area contributed by atoms with Crippen LogP contribution in [0.5, 0.6) is 0 Å². The second-order valence-electron chi connectivity index (χ2n) is 6.76. The van der Waals surface area contributed by atoms with Crippen molar-refractivity contribution >= 4 is 39.1 Å². The van der Waals surface area contributed by atoms with Gasteiger partial charge < -0.3 is 9.88 Å². The molecule has 10 heteroatoms. The summed E-state index contributed by atoms with van der Waals surface area (Å²) in [6.45, 7) is 8.04. The lowest BCUT2D eigenvalue weighted by atomic mass is 10.2. The first-order chi connectivity index (χ1) is 14.8. The minimum Gasteiger partial charge on any atom is -0.325 e. The van der Waals surface area contributed by atoms with Gasteiger partial charge in [0, 0.05) is 17.9 Å². The zero-order valence-electron chi connectivity index (χ0n) is 17.2. The van der Waals surface area contributed by atoms with Crippen molar-refractivity contribution in [3.8, 4) is 0 Å². The van der Waals surface area contributed by atoms with E-state index in [9.17, 15) is 13.2 Å². The first-order valence-corrected chi connectivity index (χ1v) is 11.9. The summed E-state index contributed by atoms with van der Waals surface area (Å²) >= 11 is 1.27. The molecule has 2 aromatic carbocycles. The summed E-state index contributed by atoms with van der Waals surface area (Å²) in [4.78, 5) is 12.4. The topological polar surface area (TPSA) is 106 Å². The Morgan fingerprint density at radius 3 is 2.35 bits per heavy atom. The van der Waals surface area contributed by atoms with Gasteiger partial charge in [0.05, 0.1) is 10.6 Å². The molecule has 0 unspecified atom stereocenters. The van der Waals surface area contributed by atoms with Crippen LogP contribution < -0.4 is 10.0 Å². The summed E-state index contributed by atoms with van der Waals surface area (Å²) in [5, 5.41) is 11.5. The molecule has 0 saturated carbocycles. The Hall–Kier alpha value is -3.11. The van der Waals surface area contributed by atoms with Crippen molar-refractivity contribution in [3.63, 3.8) is 0 Å². The van der Waals surface area contributed by atoms with Crippen LogP contribution in [0.25, 0.3) is 0 Å². The number of nitrogens with zero attached hydrogens (tertiary/aromatic N) is 3. The minimum absolute atomic E-state index is 0.105. The van der Waals surface area contributed by atoms with Gasteiger partial charge >= 0.3 is 0 Å². The van der Waals surface area contributed by atoms with Gasteiger partial charge in [0.2, 0.25) is 5.91 Å². The Bertz CT molecular complexity index is 1170. The van der Waals surface area contributed by atoms with E-state index in [0.717, 1.165) is 11.4 Å². The first-order valence-electron chi connectivity index (χ1n) is 9.41. The van der Waals surface area contributed by atoms with Crippen LogP contribution in [0.1, 0.15) is 11.4 Å². The summed E-state index contributed by atoms with van der Waals surface area (Å²) in [5.74, 6) is 0.660. The van der Waals surface area contributed by atoms with Crippen molar-refractivity contribution in [1.82, 2.24) is 14.8 Å². The monoisotopic (exact) mass is 457 g/mol. The summed E-state index contributed by atoms with van der Waals surface area (Å²) in [6, 6.07) is 13.1. The Balaban J connectivity index is 1.59. The second kappa shape index (κ2) is 9.80. The van der Waals surface area contributed by atoms with E-state index in [1.807, 2.05) is 30.5 Å². The third kappa shape index (κ3) is 5.96. The number of rotatable bonds is 9. The van der Waals surface area contributed by atoms with Crippen LogP contribution in [-0.2, 0) is 21.4 Å². The highest BCUT2D eigenvalue weighted by Crippen LogP contribution is 2.20. The van der Waals surface area contributed by atoms with Crippen LogP contribution in [0.2, 0.25) is 0 Å². The second-order valence-corrected chi connectivity index (χ2v) is 9.39. The molecule has 0 aliphatic rings. The third-order valence-electron chi connectivity index (χ3n) is 4.30. The molecule has 0 bridgehead atoms. The van der Waals surface area contributed by atoms with E-state index in [2.05, 4.69) is 26.8 Å². The van der Waals surface area contributed by atoms with Gasteiger partial charge in [-0.2, -0.15) is 0 Å². The van der Waals surface area contributed by atoms with Crippen LogP contribution in [0.3, 0.4) is 0 Å². The summed E-state index contributed by atoms with van der Waals surface area (Å²) in [7, 11) is -3.72. The Morgan fingerprint density at radius 1 is 1.06 bits per heavy atom. The highest BCUT2D eigenvalue weighted by atomic mass is 32.2. The number of aryl methyl sites for hydroxylation is 2. The summed E-state index contributed by atoms with van der Waals surface area (Å²) in [5.41, 5.74) is 2.03. The van der Waals surface area contributed by atoms with Gasteiger partial charge in [-0.05, 0) is 50.2 Å². The number of anilines is 2. The molecular formula is C21H23N5O3S2. The zero-order chi connectivity index (χ0) is 22.4. The number of hydrogen-bond acceptors (Lipinski definition) is 6. The average Bonchev–Trinajstić information content (AvgIpc) is 3.08. The molecule has 0 aliphatic carbocycles. The van der Waals surface area contributed by atoms with Crippen LogP contribution in [0, 0.1) is 13.8 Å². The van der Waals surface area contributed by atoms with Crippen LogP contribution in [-0.4, -0.2) is 34.8 Å². The Kier molecular flexibility index (Phi) is 7.13. The summed E-state index contributed by atoms with van der Waals surface area (Å²) < 4.78 is 29.5. The molecule has 2 N–H and O–H groups in total. The number of sulfonamides is 1. The Labute approximate surface area is 185 Å². The lowest BCUT2D eigenvalue weighted by molar-refractivity contribution is -0.113. The van der Waals surface area contributed by atoms with E-state index in [-0.39, 0.29) is 16.6 Å². The largest absolute Gasteiger partial charge is 0.325 e. The van der Waals surface area contributed by atoms with Gasteiger partial charge in [0.1, 0.15) is 5.82 Å². The fraction of sp³-hybridized carbons (Fsp3) is 0.190. The lowest BCUT2D eigenvalue weighted by Crippen LogP contribution is -2.15. The number of hydrogen-bond donors (Lipinski definition) is 2. The number of allylic oxidation sites excluding steroid dienone is 1. The quantitative estimate of drug-likeness (QED) is 0.376. The molecule has 0 fully saturated rings. The molecule has 0 saturated heterocycles. The van der Waals surface area contributed by atoms with E-state index in [1.165, 1.54) is 23.9 Å². The van der Waals surface area contributed by atoms with E-state index in [1.54, 1.807) is 30.3 Å². The van der Waals surface area contributed by atoms with Gasteiger partial charge in [0.15, 0.2) is 5.16 Å². The molecule has 3 rings (SSSR count). The highest BCUT2D eigenvalue weighted by molar-refractivity contribution is 7.99. The highest BCUT2D eigenvalue weighted by Gasteiger charge is 2.15. The van der Waals surface area contributed by atoms with Gasteiger partial charge in [-0.1, -0.05) is 35.5 Å². The van der Waals surface area contributed by atoms with Crippen molar-refractivity contribution in [2.45, 2.75) is 30.4 Å². The maximum Gasteiger partial charge on any atom is 0.261 e. The van der Waals surface area contributed by atoms with Crippen molar-refractivity contribution < 1.29 is 13.2 Å². The average molecular weight is 458 g/mol. The maximum atomic E-state index is 12.5. The fourth-order valence-corrected chi connectivity index (χ4v) is 4.54. The predicted octanol–water partition coefficient (Wildman–Crippen LogP) is 3.61. The predicted molar refractivity (Wildman–Crippen MR) is 123 cm³/mol. The fourth-order valence-electron chi connectivity index (χ4n) is 2.69. The molecule has 31 heavy (non-hydrogen) atoms. The summed E-state index contributed by atoms with van der Waals surface area (Å²) in [6.07, 6.45) is 1.74. The molecule has 1 amide bonds. The van der Waals surface area contributed by atoms with Crippen LogP contribution in [0.4, 0.5) is 11.4 Å². The molecule has 1 heterocycles. The van der Waals surface area contributed by atoms with Crippen molar-refractivity contribution in [2.24, 2.45) is 0 Å². The molecule has 0 atom stereocenters. The molecule has 1 aromatic heterocycles. The van der Waals surface area contributed by atoms with Gasteiger partial charge in [-0.25, -0.2) is 8.42 Å². The van der Waals surface area contributed by atoms with Crippen molar-refractivity contribution in [2.75, 3.05) is 15.8 Å². The smallest absolute Gasteiger partial charge is 0.261 e. The maximum absolute atomic E-state index is 12.5. The number of carbonyl (C=O) groups is 1. The zero-order valence-corrected chi connectivity index (χ0v) is 18.8. The molecule has 8 nitrogen and oxygen atoms in total. The third-order valence-corrected chi connectivity index (χ3v) is 6.66. The normalized spacial score (nSPS) is 11.2. The Morgan fingerprint density at radius 2 is 1.71 bits per heavy atom. The van der Waals surface area contributed by atoms with E-state index in [4.69, 9.17) is 0 Å². The van der Waals surface area contributed by atoms with Crippen LogP contribution in [0.15, 0.2) is 71.2 Å². The number of amides is 1. The molecule has 0 radical (unpaired) electrons. The molecule has 3 aromatic rings. The molecule has 162 valence electrons. The van der Waals surface area contributed by atoms with Gasteiger partial charge in [-0.15, -0.1) is 16.8 Å².